The third-order valence-electron chi connectivity index (χ3n) is 13.5. The third-order valence-corrected chi connectivity index (χ3v) is 29.2. The summed E-state index contributed by atoms with van der Waals surface area (Å²) in [6.07, 6.45) is 8.45. The second-order valence-corrected chi connectivity index (χ2v) is 33.7. The van der Waals surface area contributed by atoms with Crippen LogP contribution in [0.25, 0.3) is 45.4 Å². The Morgan fingerprint density at radius 2 is 0.965 bits per heavy atom. The molecule has 0 aliphatic heterocycles. The maximum Gasteiger partial charge on any atom is 0.433 e. The normalized spacial score (nSPS) is 11.4. The second-order valence-electron chi connectivity index (χ2n) is 19.7. The van der Waals surface area contributed by atoms with E-state index in [4.69, 9.17) is 4.98 Å². The molecule has 10 rings (SSSR count). The van der Waals surface area contributed by atoms with E-state index >= 15 is 0 Å². The Balaban J connectivity index is 0.000000176. The Labute approximate surface area is 505 Å². The number of halogens is 7. The summed E-state index contributed by atoms with van der Waals surface area (Å²) >= 11 is 1.07. The van der Waals surface area contributed by atoms with E-state index in [1.807, 2.05) is 24.4 Å². The van der Waals surface area contributed by atoms with Crippen LogP contribution in [0.1, 0.15) is 91.4 Å². The summed E-state index contributed by atoms with van der Waals surface area (Å²) in [4.78, 5) is 41.9. The minimum atomic E-state index is -4.68. The van der Waals surface area contributed by atoms with Crippen molar-refractivity contribution in [3.05, 3.63) is 210 Å². The molecule has 2 amide bonds. The number of hydrogen-bond donors (Lipinski definition) is 2. The zero-order valence-corrected chi connectivity index (χ0v) is 51.5. The fourth-order valence-electron chi connectivity index (χ4n) is 9.18. The molecular weight excluding hydrogens is 1290 g/mol. The molecule has 86 heavy (non-hydrogen) atoms. The van der Waals surface area contributed by atoms with Gasteiger partial charge in [0, 0.05) is 63.3 Å². The molecule has 0 saturated heterocycles. The second kappa shape index (κ2) is 30.0. The number of benzene rings is 2. The Morgan fingerprint density at radius 3 is 1.37 bits per heavy atom. The summed E-state index contributed by atoms with van der Waals surface area (Å²) in [6.45, 7) is 6.98. The number of pyridine rings is 4. The number of anilines is 2. The number of amides is 2. The first-order chi connectivity index (χ1) is 41.5. The first-order valence-electron chi connectivity index (χ1n) is 27.6. The molecule has 10 aromatic rings. The van der Waals surface area contributed by atoms with E-state index in [1.165, 1.54) is 101 Å². The number of carbonyl (C=O) groups is 2. The van der Waals surface area contributed by atoms with E-state index in [2.05, 4.69) is 111 Å². The topological polar surface area (TPSA) is 197 Å². The summed E-state index contributed by atoms with van der Waals surface area (Å²) in [6, 6.07) is 39.2. The predicted octanol–water partition coefficient (Wildman–Crippen LogP) is 15.0. The van der Waals surface area contributed by atoms with Gasteiger partial charge in [-0.05, 0) is 103 Å². The fraction of sp³-hybridized carbons (Fsp3) is 0.226. The van der Waals surface area contributed by atoms with Gasteiger partial charge in [-0.2, -0.15) is 36.5 Å². The first-order valence-corrected chi connectivity index (χ1v) is 35.9. The van der Waals surface area contributed by atoms with E-state index in [1.54, 1.807) is 82.7 Å². The Hall–Kier alpha value is -8.58. The molecule has 0 atom stereocenters. The molecule has 0 radical (unpaired) electrons. The van der Waals surface area contributed by atoms with Crippen molar-refractivity contribution in [3.63, 3.8) is 0 Å². The van der Waals surface area contributed by atoms with Gasteiger partial charge >= 0.3 is 136 Å². The molecule has 0 aliphatic carbocycles. The number of hydrogen-bond acceptors (Lipinski definition) is 12. The maximum atomic E-state index is 13.7. The van der Waals surface area contributed by atoms with Gasteiger partial charge in [0.2, 0.25) is 0 Å². The van der Waals surface area contributed by atoms with Crippen LogP contribution >= 0.6 is 15.9 Å². The van der Waals surface area contributed by atoms with Crippen molar-refractivity contribution in [1.82, 2.24) is 59.9 Å². The van der Waals surface area contributed by atoms with Gasteiger partial charge in [0.15, 0.2) is 34.7 Å². The smallest absolute Gasteiger partial charge is 0.305 e. The molecule has 0 unspecified atom stereocenters. The van der Waals surface area contributed by atoms with Crippen LogP contribution in [0, 0.1) is 0 Å². The molecule has 0 aliphatic rings. The van der Waals surface area contributed by atoms with Crippen molar-refractivity contribution in [3.8, 4) is 45.4 Å². The summed E-state index contributed by atoms with van der Waals surface area (Å²) < 4.78 is 89.8. The monoisotopic (exact) mass is 1340 g/mol. The zero-order valence-electron chi connectivity index (χ0n) is 47.0. The van der Waals surface area contributed by atoms with Crippen LogP contribution < -0.4 is 14.3 Å². The summed E-state index contributed by atoms with van der Waals surface area (Å²) in [7, 11) is 0. The molecule has 24 heteroatoms. The molecule has 8 heterocycles. The number of nitrogens with zero attached hydrogens (tertiary/aromatic N) is 12. The number of nitrogens with one attached hydrogen (secondary N) is 2. The van der Waals surface area contributed by atoms with E-state index in [0.717, 1.165) is 22.2 Å². The van der Waals surface area contributed by atoms with E-state index in [9.17, 15) is 35.9 Å². The minimum absolute atomic E-state index is 0.0696. The van der Waals surface area contributed by atoms with Crippen LogP contribution in [-0.2, 0) is 12.4 Å². The van der Waals surface area contributed by atoms with Gasteiger partial charge < -0.3 is 10.6 Å². The number of alkyl halides is 6. The molecule has 8 aromatic heterocycles. The van der Waals surface area contributed by atoms with Crippen LogP contribution in [0.5, 0.6) is 0 Å². The van der Waals surface area contributed by atoms with Crippen LogP contribution in [-0.4, -0.2) is 90.1 Å². The standard InChI is InChI=1S/C25H16F3N7O.C20H12BrF3N6O.C5H4N.3C4H9.Sn/c26-25(27,28)21-14-20(18-7-4-11-29-15-18)34-35(21)23-10-9-22(32-33-23)31-24(36)17-6-3-5-16(13-17)19-8-1-2-12-30-19;21-14-5-1-3-12(9-14)19(31)26-17-6-7-18(28-27-17)30-16(20(22,23)24)10-15(29-30)13-4-2-8-25-11-13;1-2-4-6-5-3-1;3*1-3-4-2;/h1-15H,(H,31,32,36);1-11H,(H,26,27,31);1-4H;3*1,3-4H2,2H3;. The van der Waals surface area contributed by atoms with Crippen LogP contribution in [0.4, 0.5) is 38.0 Å². The molecule has 0 saturated carbocycles. The molecule has 2 N–H and O–H groups in total. The summed E-state index contributed by atoms with van der Waals surface area (Å²) in [5.41, 5.74) is 1.21. The Kier molecular flexibility index (Phi) is 22.1. The van der Waals surface area contributed by atoms with Crippen LogP contribution in [0.3, 0.4) is 0 Å². The Morgan fingerprint density at radius 1 is 0.488 bits per heavy atom. The van der Waals surface area contributed by atoms with Gasteiger partial charge in [0.25, 0.3) is 11.8 Å². The SMILES string of the molecule is CCC[CH2][Sn]([CH2]CCC)([CH2]CCC)[c]1ccccn1.O=C(Nc1ccc(-n2nc(-c3cccnc3)cc2C(F)(F)F)nn1)c1cccc(-c2ccccn2)c1.O=C(Nc1ccc(-n2nc(-c3cccnc3)cc2C(F)(F)F)nn1)c1cccc(Br)c1. The minimum Gasteiger partial charge on any atom is -0.305 e. The first kappa shape index (κ1) is 63.4. The number of carbonyl (C=O) groups excluding carboxylic acids is 2. The largest absolute Gasteiger partial charge is 0.433 e. The van der Waals surface area contributed by atoms with Gasteiger partial charge in [-0.1, -0.05) is 40.2 Å². The average molecular weight is 1340 g/mol. The van der Waals surface area contributed by atoms with Gasteiger partial charge in [0.1, 0.15) is 0 Å². The molecule has 0 fully saturated rings. The quantitative estimate of drug-likeness (QED) is 0.0575. The predicted molar refractivity (Wildman–Crippen MR) is 323 cm³/mol. The van der Waals surface area contributed by atoms with Crippen molar-refractivity contribution in [1.29, 1.82) is 0 Å². The fourth-order valence-corrected chi connectivity index (χ4v) is 25.0. The van der Waals surface area contributed by atoms with Crippen molar-refractivity contribution < 1.29 is 35.9 Å². The molecule has 0 spiro atoms. The van der Waals surface area contributed by atoms with Crippen LogP contribution in [0.15, 0.2) is 187 Å². The molecule has 442 valence electrons. The van der Waals surface area contributed by atoms with E-state index in [0.29, 0.717) is 37.3 Å². The third kappa shape index (κ3) is 17.1. The van der Waals surface area contributed by atoms with Gasteiger partial charge in [-0.25, -0.2) is 9.36 Å². The van der Waals surface area contributed by atoms with Gasteiger partial charge in [-0.15, -0.1) is 20.4 Å². The van der Waals surface area contributed by atoms with Crippen molar-refractivity contribution in [2.24, 2.45) is 0 Å². The number of unbranched alkanes of at least 4 members (excludes halogenated alkanes) is 3. The van der Waals surface area contributed by atoms with Gasteiger partial charge in [-0.3, -0.25) is 24.5 Å². The van der Waals surface area contributed by atoms with Crippen molar-refractivity contribution in [2.75, 3.05) is 10.6 Å². The maximum absolute atomic E-state index is 13.7. The summed E-state index contributed by atoms with van der Waals surface area (Å²) in [5, 5.41) is 28.6. The molecule has 0 bridgehead atoms. The number of aromatic nitrogens is 12. The van der Waals surface area contributed by atoms with Crippen molar-refractivity contribution >= 4 is 61.5 Å². The molecule has 2 aromatic carbocycles. The van der Waals surface area contributed by atoms with Gasteiger partial charge in [0.05, 0.1) is 17.1 Å². The number of rotatable bonds is 19. The Bertz CT molecular complexity index is 3750. The molecule has 16 nitrogen and oxygen atoms in total. The van der Waals surface area contributed by atoms with Crippen LogP contribution in [0.2, 0.25) is 13.3 Å². The zero-order chi connectivity index (χ0) is 61.1. The van der Waals surface area contributed by atoms with E-state index < -0.39 is 53.9 Å². The van der Waals surface area contributed by atoms with Crippen molar-refractivity contribution in [2.45, 2.75) is 85.0 Å². The average Bonchev–Trinajstić information content (AvgIpc) is 3.61. The molecular formula is C62H59BrF6N14O2Sn. The summed E-state index contributed by atoms with van der Waals surface area (Å²) in [5.74, 6) is -1.04. The van der Waals surface area contributed by atoms with E-state index in [-0.39, 0.29) is 34.7 Å².